The normalized spacial score (nSPS) is 14.4. The van der Waals surface area contributed by atoms with E-state index < -0.39 is 0 Å². The van der Waals surface area contributed by atoms with Crippen LogP contribution in [0, 0.1) is 6.92 Å². The summed E-state index contributed by atoms with van der Waals surface area (Å²) in [5.74, 6) is 3.81. The lowest BCUT2D eigenvalue weighted by molar-refractivity contribution is 0.224. The van der Waals surface area contributed by atoms with Crippen LogP contribution in [0.25, 0.3) is 16.5 Å². The number of benzene rings is 3. The summed E-state index contributed by atoms with van der Waals surface area (Å²) in [6.45, 7) is 12.4. The first kappa shape index (κ1) is 27.1. The summed E-state index contributed by atoms with van der Waals surface area (Å²) in [6.07, 6.45) is 1.70. The molecule has 4 aromatic rings. The molecule has 2 amide bonds. The molecule has 0 saturated carbocycles. The van der Waals surface area contributed by atoms with E-state index in [1.165, 1.54) is 17.1 Å². The second kappa shape index (κ2) is 11.7. The predicted molar refractivity (Wildman–Crippen MR) is 163 cm³/mol. The average Bonchev–Trinajstić information content (AvgIpc) is 3.37. The monoisotopic (exact) mass is 543 g/mol. The van der Waals surface area contributed by atoms with Crippen molar-refractivity contribution in [2.24, 2.45) is 0 Å². The van der Waals surface area contributed by atoms with Crippen LogP contribution < -0.4 is 15.4 Å². The molecule has 1 saturated heterocycles. The zero-order valence-electron chi connectivity index (χ0n) is 23.2. The Morgan fingerprint density at radius 2 is 1.77 bits per heavy atom. The summed E-state index contributed by atoms with van der Waals surface area (Å²) in [7, 11) is 0. The largest absolute Gasteiger partial charge is 0.492 e. The van der Waals surface area contributed by atoms with Gasteiger partial charge in [-0.15, -0.1) is 0 Å². The number of hydrogen-bond acceptors (Lipinski definition) is 5. The second-order valence-electron chi connectivity index (χ2n) is 10.9. The van der Waals surface area contributed by atoms with Gasteiger partial charge in [0, 0.05) is 48.0 Å². The molecule has 1 aromatic heterocycles. The smallest absolute Gasteiger partial charge is 0.324 e. The van der Waals surface area contributed by atoms with E-state index in [1.807, 2.05) is 48.2 Å². The van der Waals surface area contributed by atoms with Crippen molar-refractivity contribution in [3.8, 4) is 11.4 Å². The van der Waals surface area contributed by atoms with Gasteiger partial charge >= 0.3 is 6.03 Å². The standard InChI is InChI=1S/C31H37N5O2S/c1-22-9-10-23(31(2,3)4)21-27(22)36-29(13-14-32-36)34-30(37)33-26-11-12-28(25-8-6-5-7-24(25)26)38-18-15-35-16-19-39-20-17-35/h5-14,21H,15-20H2,1-4H3,(H2,33,34,37). The fraction of sp³-hybridized carbons (Fsp3) is 0.355. The maximum atomic E-state index is 13.1. The fourth-order valence-corrected chi connectivity index (χ4v) is 5.76. The molecule has 1 aliphatic rings. The number of ether oxygens (including phenoxy) is 1. The molecule has 5 rings (SSSR count). The Labute approximate surface area is 234 Å². The molecule has 0 aliphatic carbocycles. The van der Waals surface area contributed by atoms with Crippen molar-refractivity contribution in [2.75, 3.05) is 48.4 Å². The first-order valence-electron chi connectivity index (χ1n) is 13.5. The van der Waals surface area contributed by atoms with Gasteiger partial charge in [0.25, 0.3) is 0 Å². The lowest BCUT2D eigenvalue weighted by atomic mass is 9.86. The number of fused-ring (bicyclic) bond motifs is 1. The van der Waals surface area contributed by atoms with Crippen LogP contribution in [0.2, 0.25) is 0 Å². The molecule has 0 unspecified atom stereocenters. The molecule has 0 spiro atoms. The zero-order chi connectivity index (χ0) is 27.4. The molecule has 2 N–H and O–H groups in total. The molecular weight excluding hydrogens is 506 g/mol. The summed E-state index contributed by atoms with van der Waals surface area (Å²) in [5.41, 5.74) is 3.96. The minimum atomic E-state index is -0.330. The Bertz CT molecular complexity index is 1450. The quantitative estimate of drug-likeness (QED) is 0.271. The first-order chi connectivity index (χ1) is 18.8. The number of anilines is 2. The van der Waals surface area contributed by atoms with Crippen molar-refractivity contribution in [1.82, 2.24) is 14.7 Å². The molecule has 3 aromatic carbocycles. The third-order valence-electron chi connectivity index (χ3n) is 7.09. The van der Waals surface area contributed by atoms with Crippen LogP contribution in [-0.4, -0.2) is 58.5 Å². The van der Waals surface area contributed by atoms with Gasteiger partial charge in [0.2, 0.25) is 0 Å². The maximum Gasteiger partial charge on any atom is 0.324 e. The number of carbonyl (C=O) groups is 1. The zero-order valence-corrected chi connectivity index (χ0v) is 24.0. The number of amides is 2. The highest BCUT2D eigenvalue weighted by atomic mass is 32.2. The number of hydrogen-bond donors (Lipinski definition) is 2. The topological polar surface area (TPSA) is 71.4 Å². The van der Waals surface area contributed by atoms with Crippen molar-refractivity contribution in [2.45, 2.75) is 33.1 Å². The Balaban J connectivity index is 1.30. The van der Waals surface area contributed by atoms with E-state index >= 15 is 0 Å². The molecular formula is C31H37N5O2S. The summed E-state index contributed by atoms with van der Waals surface area (Å²) in [5, 5.41) is 12.4. The number of aryl methyl sites for hydroxylation is 1. The van der Waals surface area contributed by atoms with Crippen LogP contribution in [0.5, 0.6) is 5.75 Å². The molecule has 1 aliphatic heterocycles. The van der Waals surface area contributed by atoms with E-state index in [1.54, 1.807) is 16.9 Å². The minimum Gasteiger partial charge on any atom is -0.492 e. The van der Waals surface area contributed by atoms with Gasteiger partial charge in [-0.25, -0.2) is 9.48 Å². The van der Waals surface area contributed by atoms with Gasteiger partial charge in [0.15, 0.2) is 0 Å². The Hall–Kier alpha value is -3.49. The lowest BCUT2D eigenvalue weighted by Crippen LogP contribution is -2.35. The molecule has 2 heterocycles. The highest BCUT2D eigenvalue weighted by Gasteiger charge is 2.18. The van der Waals surface area contributed by atoms with E-state index in [2.05, 4.69) is 66.5 Å². The molecule has 8 heteroatoms. The molecule has 39 heavy (non-hydrogen) atoms. The number of nitrogens with zero attached hydrogens (tertiary/aromatic N) is 3. The molecule has 0 bridgehead atoms. The van der Waals surface area contributed by atoms with E-state index in [0.29, 0.717) is 12.4 Å². The van der Waals surface area contributed by atoms with Crippen LogP contribution >= 0.6 is 11.8 Å². The summed E-state index contributed by atoms with van der Waals surface area (Å²) < 4.78 is 7.97. The van der Waals surface area contributed by atoms with E-state index in [-0.39, 0.29) is 11.4 Å². The number of aromatic nitrogens is 2. The summed E-state index contributed by atoms with van der Waals surface area (Å²) in [4.78, 5) is 15.6. The van der Waals surface area contributed by atoms with Gasteiger partial charge in [0.05, 0.1) is 17.6 Å². The Kier molecular flexibility index (Phi) is 8.14. The number of thioether (sulfide) groups is 1. The van der Waals surface area contributed by atoms with E-state index in [0.717, 1.165) is 53.1 Å². The van der Waals surface area contributed by atoms with E-state index in [9.17, 15) is 4.79 Å². The highest BCUT2D eigenvalue weighted by Crippen LogP contribution is 2.32. The highest BCUT2D eigenvalue weighted by molar-refractivity contribution is 7.99. The third kappa shape index (κ3) is 6.40. The van der Waals surface area contributed by atoms with Crippen molar-refractivity contribution in [3.63, 3.8) is 0 Å². The minimum absolute atomic E-state index is 0.00418. The molecule has 0 radical (unpaired) electrons. The summed E-state index contributed by atoms with van der Waals surface area (Å²) >= 11 is 2.01. The van der Waals surface area contributed by atoms with Gasteiger partial charge in [-0.2, -0.15) is 16.9 Å². The van der Waals surface area contributed by atoms with Crippen LogP contribution in [-0.2, 0) is 5.41 Å². The molecule has 1 fully saturated rings. The predicted octanol–water partition coefficient (Wildman–Crippen LogP) is 6.70. The number of nitrogens with one attached hydrogen (secondary N) is 2. The summed E-state index contributed by atoms with van der Waals surface area (Å²) in [6, 6.07) is 19.7. The first-order valence-corrected chi connectivity index (χ1v) is 14.6. The SMILES string of the molecule is Cc1ccc(C(C)(C)C)cc1-n1nccc1NC(=O)Nc1ccc(OCCN2CCSCC2)c2ccccc12. The number of urea groups is 1. The average molecular weight is 544 g/mol. The maximum absolute atomic E-state index is 13.1. The molecule has 7 nitrogen and oxygen atoms in total. The lowest BCUT2D eigenvalue weighted by Gasteiger charge is -2.26. The number of rotatable bonds is 7. The van der Waals surface area contributed by atoms with Gasteiger partial charge < -0.3 is 10.1 Å². The van der Waals surface area contributed by atoms with Crippen molar-refractivity contribution >= 4 is 40.1 Å². The fourth-order valence-electron chi connectivity index (χ4n) is 4.78. The number of carbonyl (C=O) groups excluding carboxylic acids is 1. The van der Waals surface area contributed by atoms with Gasteiger partial charge in [0.1, 0.15) is 18.2 Å². The van der Waals surface area contributed by atoms with Gasteiger partial charge in [-0.3, -0.25) is 10.2 Å². The Morgan fingerprint density at radius 1 is 1.00 bits per heavy atom. The van der Waals surface area contributed by atoms with E-state index in [4.69, 9.17) is 4.74 Å². The van der Waals surface area contributed by atoms with Crippen LogP contribution in [0.1, 0.15) is 31.9 Å². The van der Waals surface area contributed by atoms with Gasteiger partial charge in [-0.05, 0) is 41.7 Å². The molecule has 0 atom stereocenters. The Morgan fingerprint density at radius 3 is 2.54 bits per heavy atom. The van der Waals surface area contributed by atoms with Crippen molar-refractivity contribution < 1.29 is 9.53 Å². The van der Waals surface area contributed by atoms with Crippen LogP contribution in [0.15, 0.2) is 66.9 Å². The van der Waals surface area contributed by atoms with Crippen LogP contribution in [0.3, 0.4) is 0 Å². The van der Waals surface area contributed by atoms with Gasteiger partial charge in [-0.1, -0.05) is 57.2 Å². The molecule has 204 valence electrons. The second-order valence-corrected chi connectivity index (χ2v) is 12.1. The van der Waals surface area contributed by atoms with Crippen molar-refractivity contribution in [1.29, 1.82) is 0 Å². The van der Waals surface area contributed by atoms with Crippen LogP contribution in [0.4, 0.5) is 16.3 Å². The third-order valence-corrected chi connectivity index (χ3v) is 8.03. The van der Waals surface area contributed by atoms with Crippen molar-refractivity contribution in [3.05, 3.63) is 78.0 Å².